The van der Waals surface area contributed by atoms with E-state index in [0.717, 1.165) is 4.90 Å². The number of nitrogens with two attached hydrogens (primary N) is 1. The summed E-state index contributed by atoms with van der Waals surface area (Å²) < 4.78 is 34.6. The fraction of sp³-hybridized carbons (Fsp3) is 0.750. The maximum absolute atomic E-state index is 12.4. The van der Waals surface area contributed by atoms with Crippen LogP contribution >= 0.6 is 0 Å². The number of piperidine rings is 1. The zero-order valence-electron chi connectivity index (χ0n) is 13.3. The molecule has 0 aromatic heterocycles. The Hall–Kier alpha value is -1.76. The molecule has 4 amide bonds. The minimum Gasteiger partial charge on any atom is -0.309 e. The molecule has 12 heteroatoms. The topological polar surface area (TPSA) is 151 Å². The first-order chi connectivity index (χ1) is 11.1. The number of hydrogen-bond donors (Lipinski definition) is 2. The lowest BCUT2D eigenvalue weighted by molar-refractivity contribution is -0.150. The molecule has 3 N–H and O–H groups in total. The second-order valence-corrected chi connectivity index (χ2v) is 6.87. The summed E-state index contributed by atoms with van der Waals surface area (Å²) in [5.74, 6) is 3.87. The van der Waals surface area contributed by atoms with Crippen molar-refractivity contribution >= 4 is 28.2 Å². The van der Waals surface area contributed by atoms with Gasteiger partial charge in [-0.3, -0.25) is 14.1 Å². The van der Waals surface area contributed by atoms with Crippen molar-refractivity contribution in [3.05, 3.63) is 0 Å². The zero-order chi connectivity index (χ0) is 18.2. The van der Waals surface area contributed by atoms with Crippen molar-refractivity contribution in [2.45, 2.75) is 45.2 Å². The molecule has 24 heavy (non-hydrogen) atoms. The van der Waals surface area contributed by atoms with Crippen LogP contribution in [-0.2, 0) is 24.3 Å². The molecule has 0 radical (unpaired) electrons. The number of hydroxylamine groups is 2. The van der Waals surface area contributed by atoms with E-state index in [-0.39, 0.29) is 19.4 Å². The predicted octanol–water partition coefficient (Wildman–Crippen LogP) is -0.736. The van der Waals surface area contributed by atoms with Crippen LogP contribution in [0.5, 0.6) is 0 Å². The van der Waals surface area contributed by atoms with Gasteiger partial charge in [-0.1, -0.05) is 13.8 Å². The molecule has 2 aliphatic rings. The summed E-state index contributed by atoms with van der Waals surface area (Å²) in [5, 5.41) is 1.04. The van der Waals surface area contributed by atoms with Crippen molar-refractivity contribution in [3.8, 4) is 0 Å². The van der Waals surface area contributed by atoms with Gasteiger partial charge in [-0.15, -0.1) is 4.28 Å². The quantitative estimate of drug-likeness (QED) is 0.280. The molecular weight excluding hydrogens is 344 g/mol. The molecule has 2 rings (SSSR count). The SMILES string of the molecule is CCC(C)C(=O)N(N)C(=O)[C@H]1CC[C@H]2CN1C(=O)N2OS(=O)(=O)O. The number of urea groups is 1. The minimum atomic E-state index is -4.86. The van der Waals surface area contributed by atoms with E-state index in [1.807, 2.05) is 0 Å². The Bertz CT molecular complexity index is 652. The lowest BCUT2D eigenvalue weighted by Crippen LogP contribution is -2.56. The molecule has 2 bridgehead atoms. The molecule has 0 saturated carbocycles. The highest BCUT2D eigenvalue weighted by molar-refractivity contribution is 7.80. The van der Waals surface area contributed by atoms with Gasteiger partial charge >= 0.3 is 16.4 Å². The van der Waals surface area contributed by atoms with Crippen LogP contribution in [0.3, 0.4) is 0 Å². The van der Waals surface area contributed by atoms with Crippen LogP contribution in [0.2, 0.25) is 0 Å². The normalized spacial score (nSPS) is 24.9. The predicted molar refractivity (Wildman–Crippen MR) is 78.9 cm³/mol. The number of hydrogen-bond acceptors (Lipinski definition) is 7. The van der Waals surface area contributed by atoms with Gasteiger partial charge in [0, 0.05) is 12.5 Å². The molecule has 11 nitrogen and oxygen atoms in total. The molecule has 136 valence electrons. The average molecular weight is 364 g/mol. The summed E-state index contributed by atoms with van der Waals surface area (Å²) in [6, 6.07) is -2.47. The second kappa shape index (κ2) is 6.63. The van der Waals surface area contributed by atoms with Crippen molar-refractivity contribution in [3.63, 3.8) is 0 Å². The van der Waals surface area contributed by atoms with E-state index in [4.69, 9.17) is 10.4 Å². The lowest BCUT2D eigenvalue weighted by Gasteiger charge is -2.31. The lowest BCUT2D eigenvalue weighted by atomic mass is 9.99. The van der Waals surface area contributed by atoms with Gasteiger partial charge in [0.1, 0.15) is 6.04 Å². The Labute approximate surface area is 139 Å². The van der Waals surface area contributed by atoms with Gasteiger partial charge in [-0.2, -0.15) is 13.5 Å². The molecule has 1 unspecified atom stereocenters. The standard InChI is InChI=1S/C12H20N4O7S/c1-3-7(2)10(17)15(13)11(18)9-5-4-8-6-14(9)12(19)16(8)23-24(20,21)22/h7-9H,3-6,13H2,1-2H3,(H,20,21,22)/t7?,8-,9+/m0/s1. The summed E-state index contributed by atoms with van der Waals surface area (Å²) in [4.78, 5) is 37.8. The van der Waals surface area contributed by atoms with Gasteiger partial charge in [0.25, 0.3) is 5.91 Å². The van der Waals surface area contributed by atoms with Gasteiger partial charge in [-0.25, -0.2) is 15.6 Å². The molecular formula is C12H20N4O7S. The Balaban J connectivity index is 2.13. The summed E-state index contributed by atoms with van der Waals surface area (Å²) in [5.41, 5.74) is 0. The highest BCUT2D eigenvalue weighted by atomic mass is 32.3. The second-order valence-electron chi connectivity index (χ2n) is 5.87. The highest BCUT2D eigenvalue weighted by Gasteiger charge is 2.50. The van der Waals surface area contributed by atoms with Gasteiger partial charge in [0.15, 0.2) is 0 Å². The Kier molecular flexibility index (Phi) is 5.13. The van der Waals surface area contributed by atoms with Crippen LogP contribution in [0.15, 0.2) is 0 Å². The van der Waals surface area contributed by atoms with Crippen LogP contribution in [0, 0.1) is 5.92 Å². The van der Waals surface area contributed by atoms with E-state index < -0.39 is 46.2 Å². The first-order valence-corrected chi connectivity index (χ1v) is 8.82. The minimum absolute atomic E-state index is 0.0378. The third kappa shape index (κ3) is 3.50. The first kappa shape index (κ1) is 18.6. The van der Waals surface area contributed by atoms with E-state index in [2.05, 4.69) is 4.28 Å². The van der Waals surface area contributed by atoms with Crippen molar-refractivity contribution in [2.24, 2.45) is 11.8 Å². The zero-order valence-corrected chi connectivity index (χ0v) is 14.1. The van der Waals surface area contributed by atoms with Gasteiger partial charge in [-0.05, 0) is 19.3 Å². The Morgan fingerprint density at radius 3 is 2.62 bits per heavy atom. The largest absolute Gasteiger partial charge is 0.418 e. The number of carbonyl (C=O) groups excluding carboxylic acids is 3. The molecule has 0 aliphatic carbocycles. The molecule has 0 spiro atoms. The summed E-state index contributed by atoms with van der Waals surface area (Å²) >= 11 is 0. The number of nitrogens with zero attached hydrogens (tertiary/aromatic N) is 3. The molecule has 2 fully saturated rings. The molecule has 2 saturated heterocycles. The summed E-state index contributed by atoms with van der Waals surface area (Å²) in [7, 11) is -4.86. The Morgan fingerprint density at radius 1 is 1.46 bits per heavy atom. The average Bonchev–Trinajstić information content (AvgIpc) is 2.76. The maximum Gasteiger partial charge on any atom is 0.418 e. The van der Waals surface area contributed by atoms with E-state index in [0.29, 0.717) is 16.5 Å². The summed E-state index contributed by atoms with van der Waals surface area (Å²) in [6.45, 7) is 3.45. The van der Waals surface area contributed by atoms with Crippen molar-refractivity contribution in [1.29, 1.82) is 0 Å². The van der Waals surface area contributed by atoms with Crippen molar-refractivity contribution in [2.75, 3.05) is 6.54 Å². The third-order valence-corrected chi connectivity index (χ3v) is 4.64. The first-order valence-electron chi connectivity index (χ1n) is 7.46. The number of rotatable bonds is 5. The monoisotopic (exact) mass is 364 g/mol. The number of hydrazine groups is 1. The van der Waals surface area contributed by atoms with Crippen molar-refractivity contribution in [1.82, 2.24) is 15.0 Å². The fourth-order valence-electron chi connectivity index (χ4n) is 2.77. The van der Waals surface area contributed by atoms with E-state index in [9.17, 15) is 22.8 Å². The molecule has 0 aromatic carbocycles. The molecule has 0 aromatic rings. The maximum atomic E-state index is 12.4. The molecule has 2 aliphatic heterocycles. The number of imide groups is 1. The van der Waals surface area contributed by atoms with Gasteiger partial charge in [0.2, 0.25) is 5.91 Å². The third-order valence-electron chi connectivity index (χ3n) is 4.29. The molecule has 3 atom stereocenters. The highest BCUT2D eigenvalue weighted by Crippen LogP contribution is 2.31. The number of amides is 4. The van der Waals surface area contributed by atoms with Crippen LogP contribution in [0.4, 0.5) is 4.79 Å². The fourth-order valence-corrected chi connectivity index (χ4v) is 3.16. The smallest absolute Gasteiger partial charge is 0.309 e. The van der Waals surface area contributed by atoms with Crippen LogP contribution in [0.25, 0.3) is 0 Å². The van der Waals surface area contributed by atoms with E-state index in [1.54, 1.807) is 13.8 Å². The molecule has 2 heterocycles. The summed E-state index contributed by atoms with van der Waals surface area (Å²) in [6.07, 6.45) is 0.965. The van der Waals surface area contributed by atoms with Crippen molar-refractivity contribution < 1.29 is 31.6 Å². The van der Waals surface area contributed by atoms with Gasteiger partial charge < -0.3 is 4.90 Å². The van der Waals surface area contributed by atoms with E-state index >= 15 is 0 Å². The van der Waals surface area contributed by atoms with Crippen LogP contribution in [-0.4, -0.2) is 64.4 Å². The van der Waals surface area contributed by atoms with Gasteiger partial charge in [0.05, 0.1) is 6.04 Å². The number of carbonyl (C=O) groups is 3. The van der Waals surface area contributed by atoms with Crippen LogP contribution in [0.1, 0.15) is 33.1 Å². The Morgan fingerprint density at radius 2 is 2.08 bits per heavy atom. The van der Waals surface area contributed by atoms with E-state index in [1.165, 1.54) is 0 Å². The van der Waals surface area contributed by atoms with Crippen LogP contribution < -0.4 is 5.84 Å². The number of fused-ring (bicyclic) bond motifs is 2.